The Hall–Kier alpha value is -5.70. The molecular formula is C50H39NS. The number of anilines is 3. The Morgan fingerprint density at radius 3 is 1.65 bits per heavy atom. The van der Waals surface area contributed by atoms with Crippen molar-refractivity contribution < 1.29 is 0 Å². The van der Waals surface area contributed by atoms with Gasteiger partial charge < -0.3 is 4.90 Å². The molecule has 1 aromatic heterocycles. The van der Waals surface area contributed by atoms with Gasteiger partial charge in [0.2, 0.25) is 0 Å². The lowest BCUT2D eigenvalue weighted by molar-refractivity contribution is 0.660. The lowest BCUT2D eigenvalue weighted by atomic mass is 9.82. The van der Waals surface area contributed by atoms with Crippen LogP contribution in [-0.2, 0) is 10.8 Å². The van der Waals surface area contributed by atoms with Gasteiger partial charge in [-0.05, 0) is 109 Å². The summed E-state index contributed by atoms with van der Waals surface area (Å²) >= 11 is 1.81. The van der Waals surface area contributed by atoms with Gasteiger partial charge in [-0.15, -0.1) is 11.3 Å². The predicted molar refractivity (Wildman–Crippen MR) is 223 cm³/mol. The molecule has 7 aromatic carbocycles. The molecule has 0 spiro atoms. The van der Waals surface area contributed by atoms with Crippen LogP contribution in [0.15, 0.2) is 163 Å². The molecule has 0 radical (unpaired) electrons. The minimum atomic E-state index is -0.0842. The quantitative estimate of drug-likeness (QED) is 0.174. The summed E-state index contributed by atoms with van der Waals surface area (Å²) in [5.74, 6) is 0. The normalized spacial score (nSPS) is 14.5. The summed E-state index contributed by atoms with van der Waals surface area (Å²) < 4.78 is 1.32. The highest BCUT2D eigenvalue weighted by Crippen LogP contribution is 2.53. The first-order valence-electron chi connectivity index (χ1n) is 18.3. The maximum atomic E-state index is 2.42. The summed E-state index contributed by atoms with van der Waals surface area (Å²) in [6.45, 7) is 9.42. The highest BCUT2D eigenvalue weighted by atomic mass is 32.1. The van der Waals surface area contributed by atoms with Gasteiger partial charge in [-0.3, -0.25) is 0 Å². The molecule has 0 unspecified atom stereocenters. The van der Waals surface area contributed by atoms with Gasteiger partial charge in [0.05, 0.1) is 0 Å². The molecule has 2 heteroatoms. The van der Waals surface area contributed by atoms with Gasteiger partial charge in [0.1, 0.15) is 0 Å². The molecule has 1 nitrogen and oxygen atoms in total. The van der Waals surface area contributed by atoms with Gasteiger partial charge in [0.15, 0.2) is 0 Å². The lowest BCUT2D eigenvalue weighted by Gasteiger charge is -2.28. The fraction of sp³-hybridized carbons (Fsp3) is 0.120. The van der Waals surface area contributed by atoms with E-state index in [1.807, 2.05) is 11.3 Å². The number of rotatable bonds is 5. The van der Waals surface area contributed by atoms with Crippen molar-refractivity contribution in [3.8, 4) is 44.5 Å². The first-order chi connectivity index (χ1) is 25.3. The van der Waals surface area contributed by atoms with E-state index in [0.717, 1.165) is 17.1 Å². The third-order valence-corrected chi connectivity index (χ3v) is 12.8. The third kappa shape index (κ3) is 4.54. The maximum Gasteiger partial charge on any atom is 0.0465 e. The molecule has 2 aliphatic carbocycles. The number of hydrogen-bond donors (Lipinski definition) is 0. The van der Waals surface area contributed by atoms with Gasteiger partial charge in [-0.2, -0.15) is 0 Å². The minimum absolute atomic E-state index is 0.0266. The van der Waals surface area contributed by atoms with Crippen LogP contribution in [0.25, 0.3) is 54.6 Å². The van der Waals surface area contributed by atoms with E-state index in [1.165, 1.54) is 76.8 Å². The average Bonchev–Trinajstić information content (AvgIpc) is 3.79. The highest BCUT2D eigenvalue weighted by Gasteiger charge is 2.37. The van der Waals surface area contributed by atoms with Gasteiger partial charge >= 0.3 is 0 Å². The third-order valence-electron chi connectivity index (χ3n) is 11.8. The van der Waals surface area contributed by atoms with Crippen LogP contribution >= 0.6 is 11.3 Å². The minimum Gasteiger partial charge on any atom is -0.310 e. The zero-order chi connectivity index (χ0) is 35.2. The van der Waals surface area contributed by atoms with Gasteiger partial charge in [0, 0.05) is 43.5 Å². The van der Waals surface area contributed by atoms with E-state index in [-0.39, 0.29) is 10.8 Å². The molecule has 52 heavy (non-hydrogen) atoms. The molecule has 0 saturated carbocycles. The number of benzene rings is 7. The summed E-state index contributed by atoms with van der Waals surface area (Å²) in [6.07, 6.45) is 0. The predicted octanol–water partition coefficient (Wildman–Crippen LogP) is 14.3. The zero-order valence-corrected chi connectivity index (χ0v) is 30.8. The van der Waals surface area contributed by atoms with Gasteiger partial charge in [-0.25, -0.2) is 0 Å². The molecule has 10 rings (SSSR count). The largest absolute Gasteiger partial charge is 0.310 e. The molecule has 2 aliphatic rings. The maximum absolute atomic E-state index is 2.42. The van der Waals surface area contributed by atoms with Crippen molar-refractivity contribution in [2.24, 2.45) is 0 Å². The van der Waals surface area contributed by atoms with Crippen LogP contribution in [-0.4, -0.2) is 0 Å². The Bertz CT molecular complexity index is 2670. The summed E-state index contributed by atoms with van der Waals surface area (Å²) in [5.41, 5.74) is 19.3. The highest BCUT2D eigenvalue weighted by molar-refractivity contribution is 7.17. The fourth-order valence-corrected chi connectivity index (χ4v) is 10.0. The lowest BCUT2D eigenvalue weighted by Crippen LogP contribution is -2.16. The van der Waals surface area contributed by atoms with E-state index >= 15 is 0 Å². The van der Waals surface area contributed by atoms with Crippen molar-refractivity contribution in [2.45, 2.75) is 38.5 Å². The molecule has 0 fully saturated rings. The molecule has 8 aromatic rings. The van der Waals surface area contributed by atoms with E-state index < -0.39 is 0 Å². The molecule has 0 N–H and O–H groups in total. The fourth-order valence-electron chi connectivity index (χ4n) is 9.06. The monoisotopic (exact) mass is 685 g/mol. The molecule has 0 atom stereocenters. The SMILES string of the molecule is CC1(C)c2ccccc2-c2ccc(N(c3ccc(-c4cccc5c4-c4ccccc4C5(C)C)cc3)c3ccc(-c4csc5ccccc45)cc3)cc21. The number of nitrogens with zero attached hydrogens (tertiary/aromatic N) is 1. The van der Waals surface area contributed by atoms with Gasteiger partial charge in [0.25, 0.3) is 0 Å². The number of fused-ring (bicyclic) bond motifs is 7. The van der Waals surface area contributed by atoms with Crippen LogP contribution in [0.5, 0.6) is 0 Å². The molecule has 250 valence electrons. The van der Waals surface area contributed by atoms with Crippen molar-refractivity contribution in [1.29, 1.82) is 0 Å². The van der Waals surface area contributed by atoms with Crippen LogP contribution in [0.1, 0.15) is 49.9 Å². The van der Waals surface area contributed by atoms with Gasteiger partial charge in [-0.1, -0.05) is 143 Å². The van der Waals surface area contributed by atoms with Crippen LogP contribution in [0, 0.1) is 0 Å². The Balaban J connectivity index is 1.09. The summed E-state index contributed by atoms with van der Waals surface area (Å²) in [5, 5.41) is 3.60. The molecule has 0 amide bonds. The van der Waals surface area contributed by atoms with E-state index in [0.29, 0.717) is 0 Å². The van der Waals surface area contributed by atoms with Crippen LogP contribution in [0.3, 0.4) is 0 Å². The Kier molecular flexibility index (Phi) is 6.81. The van der Waals surface area contributed by atoms with E-state index in [1.54, 1.807) is 0 Å². The van der Waals surface area contributed by atoms with Crippen molar-refractivity contribution >= 4 is 38.5 Å². The van der Waals surface area contributed by atoms with Crippen LogP contribution < -0.4 is 4.90 Å². The van der Waals surface area contributed by atoms with Crippen molar-refractivity contribution in [3.63, 3.8) is 0 Å². The summed E-state index contributed by atoms with van der Waals surface area (Å²) in [4.78, 5) is 2.42. The van der Waals surface area contributed by atoms with Crippen LogP contribution in [0.4, 0.5) is 17.1 Å². The summed E-state index contributed by atoms with van der Waals surface area (Å²) in [6, 6.07) is 58.7. The van der Waals surface area contributed by atoms with E-state index in [4.69, 9.17) is 0 Å². The standard InChI is InChI=1S/C50H39NS/c1-49(2)44-17-9-6-14-41(44)48-37(15-11-18-45(48)49)32-20-24-34(25-21-32)51(35-26-22-33(23-27-35)42-31-52-47-19-10-7-13-40(42)47)36-28-29-39-38-12-5-8-16-43(38)50(3,4)46(39)30-36/h5-31H,1-4H3. The first-order valence-corrected chi connectivity index (χ1v) is 19.1. The molecule has 1 heterocycles. The van der Waals surface area contributed by atoms with E-state index in [2.05, 4.69) is 196 Å². The van der Waals surface area contributed by atoms with Crippen molar-refractivity contribution in [3.05, 3.63) is 185 Å². The Morgan fingerprint density at radius 1 is 0.404 bits per heavy atom. The second kappa shape index (κ2) is 11.4. The van der Waals surface area contributed by atoms with Crippen molar-refractivity contribution in [1.82, 2.24) is 0 Å². The topological polar surface area (TPSA) is 3.24 Å². The van der Waals surface area contributed by atoms with Crippen LogP contribution in [0.2, 0.25) is 0 Å². The first kappa shape index (κ1) is 31.1. The molecule has 0 bridgehead atoms. The number of hydrogen-bond acceptors (Lipinski definition) is 2. The Labute approximate surface area is 310 Å². The summed E-state index contributed by atoms with van der Waals surface area (Å²) in [7, 11) is 0. The second-order valence-electron chi connectivity index (χ2n) is 15.4. The number of thiophene rings is 1. The van der Waals surface area contributed by atoms with E-state index in [9.17, 15) is 0 Å². The molecule has 0 saturated heterocycles. The molecular weight excluding hydrogens is 647 g/mol. The van der Waals surface area contributed by atoms with Crippen molar-refractivity contribution in [2.75, 3.05) is 4.90 Å². The molecule has 0 aliphatic heterocycles. The average molecular weight is 686 g/mol. The second-order valence-corrected chi connectivity index (χ2v) is 16.3. The Morgan fingerprint density at radius 2 is 0.923 bits per heavy atom. The smallest absolute Gasteiger partial charge is 0.0465 e. The zero-order valence-electron chi connectivity index (χ0n) is 29.9.